The van der Waals surface area contributed by atoms with Crippen molar-refractivity contribution in [1.29, 1.82) is 0 Å². The quantitative estimate of drug-likeness (QED) is 0.523. The Morgan fingerprint density at radius 2 is 2.11 bits per heavy atom. The molecular weight excluding hydrogens is 378 g/mol. The van der Waals surface area contributed by atoms with Crippen molar-refractivity contribution in [1.82, 2.24) is 0 Å². The maximum Gasteiger partial charge on any atom is 0.357 e. The number of aliphatic hydroxyl groups excluding tert-OH is 1. The Labute approximate surface area is 166 Å². The molecule has 28 heavy (non-hydrogen) atoms. The van der Waals surface area contributed by atoms with Crippen LogP contribution in [0.25, 0.3) is 0 Å². The fraction of sp³-hybridized carbons (Fsp3) is 0.619. The molecule has 0 aromatic heterocycles. The first-order valence-electron chi connectivity index (χ1n) is 10.0. The van der Waals surface area contributed by atoms with Crippen molar-refractivity contribution >= 4 is 16.0 Å². The van der Waals surface area contributed by atoms with Gasteiger partial charge in [-0.25, -0.2) is 0 Å². The smallest absolute Gasteiger partial charge is 0.357 e. The Morgan fingerprint density at radius 3 is 2.79 bits per heavy atom. The Morgan fingerprint density at radius 1 is 1.36 bits per heavy atom. The summed E-state index contributed by atoms with van der Waals surface area (Å²) in [6.07, 6.45) is 4.15. The number of anilines is 1. The van der Waals surface area contributed by atoms with E-state index in [0.717, 1.165) is 31.2 Å². The molecule has 6 nitrogen and oxygen atoms in total. The van der Waals surface area contributed by atoms with Gasteiger partial charge in [-0.2, -0.15) is 8.42 Å². The minimum absolute atomic E-state index is 0.0923. The van der Waals surface area contributed by atoms with E-state index in [1.807, 2.05) is 13.0 Å². The van der Waals surface area contributed by atoms with Gasteiger partial charge >= 0.3 is 10.3 Å². The number of rotatable bonds is 4. The molecule has 3 N–H and O–H groups in total. The lowest BCUT2D eigenvalue weighted by Crippen LogP contribution is -2.44. The van der Waals surface area contributed by atoms with Gasteiger partial charge in [-0.15, -0.1) is 0 Å². The Balaban J connectivity index is 1.74. The van der Waals surface area contributed by atoms with Gasteiger partial charge in [0.15, 0.2) is 0 Å². The number of aliphatic hydroxyl groups is 1. The van der Waals surface area contributed by atoms with Crippen molar-refractivity contribution in [3.8, 4) is 5.75 Å². The van der Waals surface area contributed by atoms with Crippen molar-refractivity contribution in [3.63, 3.8) is 0 Å². The second-order valence-electron chi connectivity index (χ2n) is 8.77. The maximum atomic E-state index is 11.3. The van der Waals surface area contributed by atoms with Crippen LogP contribution in [0.3, 0.4) is 0 Å². The summed E-state index contributed by atoms with van der Waals surface area (Å²) in [7, 11) is -4.37. The lowest BCUT2D eigenvalue weighted by Gasteiger charge is -2.50. The minimum atomic E-state index is -4.37. The van der Waals surface area contributed by atoms with Crippen LogP contribution in [0.2, 0.25) is 0 Å². The van der Waals surface area contributed by atoms with Gasteiger partial charge in [0.2, 0.25) is 0 Å². The van der Waals surface area contributed by atoms with Crippen molar-refractivity contribution in [3.05, 3.63) is 35.4 Å². The van der Waals surface area contributed by atoms with E-state index in [9.17, 15) is 18.1 Å². The molecule has 1 aromatic rings. The molecule has 3 aliphatic carbocycles. The standard InChI is InChI=1S/C21H29NO5S/c1-4-27-18-11-16-13(10-17(18)22-28(24,25)26)5-6-15-14(16)7-8-21(3)19(23)9-12(2)20(15)21/h10-11,14-15,19-20,22-23H,2,4-9H2,1,3H3,(H,24,25,26)/t14?,15?,19-,20+,21-/m1/s1. The average molecular weight is 408 g/mol. The predicted octanol–water partition coefficient (Wildman–Crippen LogP) is 3.68. The average Bonchev–Trinajstić information content (AvgIpc) is 2.83. The molecule has 0 aliphatic heterocycles. The van der Waals surface area contributed by atoms with Crippen molar-refractivity contribution < 1.29 is 22.8 Å². The van der Waals surface area contributed by atoms with E-state index in [0.29, 0.717) is 36.5 Å². The molecule has 0 radical (unpaired) electrons. The number of fused-ring (bicyclic) bond motifs is 5. The van der Waals surface area contributed by atoms with Gasteiger partial charge in [0, 0.05) is 5.41 Å². The summed E-state index contributed by atoms with van der Waals surface area (Å²) in [6.45, 7) is 8.74. The SMILES string of the molecule is C=C1C[C@@H](O)[C@@]2(C)CCC3c4cc(OCC)c(NS(=O)(=O)O)cc4CCC3[C@H]12. The number of hydrogen-bond acceptors (Lipinski definition) is 4. The van der Waals surface area contributed by atoms with Crippen LogP contribution in [-0.2, 0) is 16.7 Å². The molecular formula is C21H29NO5S. The van der Waals surface area contributed by atoms with Crippen molar-refractivity contribution in [2.24, 2.45) is 17.3 Å². The van der Waals surface area contributed by atoms with E-state index in [1.165, 1.54) is 11.1 Å². The molecule has 0 heterocycles. The second-order valence-corrected chi connectivity index (χ2v) is 9.92. The van der Waals surface area contributed by atoms with Crippen molar-refractivity contribution in [2.75, 3.05) is 11.3 Å². The normalized spacial score (nSPS) is 34.4. The first-order chi connectivity index (χ1) is 13.1. The van der Waals surface area contributed by atoms with Gasteiger partial charge in [0.25, 0.3) is 0 Å². The van der Waals surface area contributed by atoms with E-state index in [4.69, 9.17) is 4.74 Å². The van der Waals surface area contributed by atoms with Crippen LogP contribution in [0.1, 0.15) is 56.6 Å². The Bertz CT molecular complexity index is 912. The summed E-state index contributed by atoms with van der Waals surface area (Å²) in [6, 6.07) is 3.75. The van der Waals surface area contributed by atoms with Gasteiger partial charge in [-0.05, 0) is 80.0 Å². The van der Waals surface area contributed by atoms with Crippen LogP contribution in [0.5, 0.6) is 5.75 Å². The molecule has 4 rings (SSSR count). The molecule has 2 saturated carbocycles. The van der Waals surface area contributed by atoms with Crippen molar-refractivity contribution in [2.45, 2.75) is 58.0 Å². The third kappa shape index (κ3) is 3.13. The molecule has 2 unspecified atom stereocenters. The zero-order chi connectivity index (χ0) is 20.3. The minimum Gasteiger partial charge on any atom is -0.492 e. The van der Waals surface area contributed by atoms with Gasteiger partial charge in [-0.3, -0.25) is 9.27 Å². The first-order valence-corrected chi connectivity index (χ1v) is 11.5. The zero-order valence-electron chi connectivity index (χ0n) is 16.4. The van der Waals surface area contributed by atoms with Crippen LogP contribution >= 0.6 is 0 Å². The monoisotopic (exact) mass is 407 g/mol. The predicted molar refractivity (Wildman–Crippen MR) is 108 cm³/mol. The molecule has 7 heteroatoms. The van der Waals surface area contributed by atoms with Gasteiger partial charge in [0.1, 0.15) is 5.75 Å². The number of benzene rings is 1. The van der Waals surface area contributed by atoms with Crippen LogP contribution in [0.4, 0.5) is 5.69 Å². The largest absolute Gasteiger partial charge is 0.492 e. The van der Waals surface area contributed by atoms with Crippen LogP contribution in [0.15, 0.2) is 24.3 Å². The van der Waals surface area contributed by atoms with Gasteiger partial charge < -0.3 is 9.84 Å². The molecule has 0 bridgehead atoms. The summed E-state index contributed by atoms with van der Waals surface area (Å²) in [5, 5.41) is 10.6. The Kier molecular flexibility index (Phi) is 4.75. The molecule has 0 amide bonds. The van der Waals surface area contributed by atoms with E-state index in [2.05, 4.69) is 18.2 Å². The maximum absolute atomic E-state index is 11.3. The van der Waals surface area contributed by atoms with Crippen LogP contribution in [-0.4, -0.2) is 30.8 Å². The van der Waals surface area contributed by atoms with Crippen LogP contribution < -0.4 is 9.46 Å². The number of ether oxygens (including phenoxy) is 1. The molecule has 5 atom stereocenters. The van der Waals surface area contributed by atoms with E-state index >= 15 is 0 Å². The number of nitrogens with one attached hydrogen (secondary N) is 1. The third-order valence-electron chi connectivity index (χ3n) is 7.23. The summed E-state index contributed by atoms with van der Waals surface area (Å²) in [5.41, 5.74) is 3.66. The molecule has 0 spiro atoms. The summed E-state index contributed by atoms with van der Waals surface area (Å²) >= 11 is 0. The topological polar surface area (TPSA) is 95.9 Å². The molecule has 2 fully saturated rings. The zero-order valence-corrected chi connectivity index (χ0v) is 17.3. The fourth-order valence-electron chi connectivity index (χ4n) is 6.08. The highest BCUT2D eigenvalue weighted by atomic mass is 32.2. The van der Waals surface area contributed by atoms with Gasteiger partial charge in [0.05, 0.1) is 18.4 Å². The highest BCUT2D eigenvalue weighted by Crippen LogP contribution is 2.62. The number of hydrogen-bond donors (Lipinski definition) is 3. The molecule has 3 aliphatic rings. The second kappa shape index (κ2) is 6.75. The lowest BCUT2D eigenvalue weighted by atomic mass is 9.55. The molecule has 0 saturated heterocycles. The van der Waals surface area contributed by atoms with Crippen LogP contribution in [0, 0.1) is 17.3 Å². The number of aryl methyl sites for hydroxylation is 1. The third-order valence-corrected chi connectivity index (χ3v) is 7.71. The summed E-state index contributed by atoms with van der Waals surface area (Å²) in [5.74, 6) is 1.55. The highest BCUT2D eigenvalue weighted by Gasteiger charge is 2.56. The van der Waals surface area contributed by atoms with E-state index < -0.39 is 10.3 Å². The Hall–Kier alpha value is -1.57. The first kappa shape index (κ1) is 19.7. The summed E-state index contributed by atoms with van der Waals surface area (Å²) in [4.78, 5) is 0. The van der Waals surface area contributed by atoms with E-state index in [1.54, 1.807) is 6.07 Å². The van der Waals surface area contributed by atoms with Gasteiger partial charge in [-0.1, -0.05) is 19.1 Å². The molecule has 154 valence electrons. The lowest BCUT2D eigenvalue weighted by molar-refractivity contribution is -0.0178. The summed E-state index contributed by atoms with van der Waals surface area (Å²) < 4.78 is 39.7. The molecule has 1 aromatic carbocycles. The van der Waals surface area contributed by atoms with E-state index in [-0.39, 0.29) is 17.2 Å². The fourth-order valence-corrected chi connectivity index (χ4v) is 6.52. The highest BCUT2D eigenvalue weighted by molar-refractivity contribution is 7.87.